The maximum Gasteiger partial charge on any atom is 0.282 e. The molecule has 3 aromatic heterocycles. The van der Waals surface area contributed by atoms with E-state index >= 15 is 0 Å². The van der Waals surface area contributed by atoms with Gasteiger partial charge in [-0.15, -0.1) is 0 Å². The molecule has 0 aliphatic rings. The van der Waals surface area contributed by atoms with Crippen molar-refractivity contribution in [2.45, 2.75) is 13.5 Å². The molecule has 0 N–H and O–H groups in total. The first-order valence-electron chi connectivity index (χ1n) is 10.3. The Bertz CT molecular complexity index is 1410. The summed E-state index contributed by atoms with van der Waals surface area (Å²) in [6.45, 7) is 2.26. The number of benzene rings is 2. The van der Waals surface area contributed by atoms with Crippen molar-refractivity contribution in [3.63, 3.8) is 0 Å². The van der Waals surface area contributed by atoms with Crippen LogP contribution < -0.4 is 9.64 Å². The van der Waals surface area contributed by atoms with E-state index in [-0.39, 0.29) is 18.1 Å². The second-order valence-corrected chi connectivity index (χ2v) is 8.39. The smallest absolute Gasteiger partial charge is 0.282 e. The number of rotatable bonds is 6. The lowest BCUT2D eigenvalue weighted by Crippen LogP contribution is -2.31. The predicted octanol–water partition coefficient (Wildman–Crippen LogP) is 5.51. The van der Waals surface area contributed by atoms with Gasteiger partial charge in [0.05, 0.1) is 24.0 Å². The fourth-order valence-corrected chi connectivity index (χ4v) is 4.56. The Kier molecular flexibility index (Phi) is 5.58. The van der Waals surface area contributed by atoms with Crippen molar-refractivity contribution in [3.8, 4) is 17.1 Å². The Morgan fingerprint density at radius 1 is 1.09 bits per heavy atom. The normalized spacial score (nSPS) is 11.0. The molecule has 1 amide bonds. The van der Waals surface area contributed by atoms with Crippen LogP contribution in [0, 0.1) is 6.92 Å². The van der Waals surface area contributed by atoms with Gasteiger partial charge in [-0.3, -0.25) is 14.7 Å². The number of aromatic nitrogens is 3. The minimum Gasteiger partial charge on any atom is -0.494 e. The van der Waals surface area contributed by atoms with Gasteiger partial charge in [0.2, 0.25) is 0 Å². The van der Waals surface area contributed by atoms with Crippen LogP contribution in [0.5, 0.6) is 5.75 Å². The van der Waals surface area contributed by atoms with Crippen LogP contribution >= 0.6 is 11.3 Å². The van der Waals surface area contributed by atoms with Gasteiger partial charge in [-0.25, -0.2) is 4.98 Å². The molecule has 0 aliphatic carbocycles. The highest BCUT2D eigenvalue weighted by molar-refractivity contribution is 7.22. The average Bonchev–Trinajstić information content (AvgIpc) is 3.52. The van der Waals surface area contributed by atoms with E-state index in [1.807, 2.05) is 67.6 Å². The van der Waals surface area contributed by atoms with E-state index in [0.29, 0.717) is 16.6 Å². The van der Waals surface area contributed by atoms with E-state index in [0.717, 1.165) is 27.0 Å². The van der Waals surface area contributed by atoms with Gasteiger partial charge in [-0.05, 0) is 30.7 Å². The third-order valence-corrected chi connectivity index (χ3v) is 6.44. The van der Waals surface area contributed by atoms with E-state index in [4.69, 9.17) is 14.2 Å². The third kappa shape index (κ3) is 4.08. The molecule has 8 heteroatoms. The number of carbonyl (C=O) groups excluding carboxylic acids is 1. The summed E-state index contributed by atoms with van der Waals surface area (Å²) in [6, 6.07) is 20.7. The van der Waals surface area contributed by atoms with Crippen molar-refractivity contribution in [1.82, 2.24) is 15.1 Å². The van der Waals surface area contributed by atoms with Crippen molar-refractivity contribution >= 4 is 32.6 Å². The van der Waals surface area contributed by atoms with Crippen LogP contribution in [-0.2, 0) is 6.54 Å². The first-order chi connectivity index (χ1) is 16.1. The summed E-state index contributed by atoms with van der Waals surface area (Å²) in [5, 5.41) is 4.59. The number of hydrogen-bond acceptors (Lipinski definition) is 7. The number of anilines is 1. The van der Waals surface area contributed by atoms with Crippen molar-refractivity contribution in [2.24, 2.45) is 0 Å². The molecule has 164 valence electrons. The van der Waals surface area contributed by atoms with Crippen LogP contribution in [0.25, 0.3) is 21.5 Å². The number of amides is 1. The molecule has 33 heavy (non-hydrogen) atoms. The van der Waals surface area contributed by atoms with Gasteiger partial charge in [-0.1, -0.05) is 59.0 Å². The van der Waals surface area contributed by atoms with Gasteiger partial charge in [-0.2, -0.15) is 0 Å². The molecule has 0 unspecified atom stereocenters. The molecule has 0 saturated carbocycles. The number of thiazole rings is 1. The molecular formula is C25H20N4O3S. The van der Waals surface area contributed by atoms with E-state index < -0.39 is 0 Å². The van der Waals surface area contributed by atoms with E-state index in [9.17, 15) is 4.79 Å². The SMILES string of the molecule is COc1ccc(C)c2sc(N(Cc3ccccn3)C(=O)c3cc(-c4ccccc4)on3)nc12. The zero-order valence-corrected chi connectivity index (χ0v) is 18.9. The number of aryl methyl sites for hydroxylation is 1. The molecule has 2 aromatic carbocycles. The number of fused-ring (bicyclic) bond motifs is 1. The predicted molar refractivity (Wildman–Crippen MR) is 128 cm³/mol. The molecule has 0 aliphatic heterocycles. The summed E-state index contributed by atoms with van der Waals surface area (Å²) in [7, 11) is 1.61. The highest BCUT2D eigenvalue weighted by Crippen LogP contribution is 2.37. The Morgan fingerprint density at radius 2 is 1.91 bits per heavy atom. The number of ether oxygens (including phenoxy) is 1. The summed E-state index contributed by atoms with van der Waals surface area (Å²) >= 11 is 1.43. The van der Waals surface area contributed by atoms with Crippen LogP contribution in [0.15, 0.2) is 77.4 Å². The quantitative estimate of drug-likeness (QED) is 0.335. The van der Waals surface area contributed by atoms with Gasteiger partial charge in [0.25, 0.3) is 5.91 Å². The number of carbonyl (C=O) groups is 1. The van der Waals surface area contributed by atoms with Crippen molar-refractivity contribution in [1.29, 1.82) is 0 Å². The molecule has 0 fully saturated rings. The molecule has 0 saturated heterocycles. The van der Waals surface area contributed by atoms with Crippen LogP contribution in [0.3, 0.4) is 0 Å². The second kappa shape index (κ2) is 8.84. The number of pyridine rings is 1. The zero-order valence-electron chi connectivity index (χ0n) is 18.1. The molecule has 0 radical (unpaired) electrons. The Balaban J connectivity index is 1.57. The molecule has 3 heterocycles. The average molecular weight is 457 g/mol. The molecular weight excluding hydrogens is 436 g/mol. The van der Waals surface area contributed by atoms with Crippen LogP contribution in [-0.4, -0.2) is 28.1 Å². The lowest BCUT2D eigenvalue weighted by atomic mass is 10.1. The summed E-state index contributed by atoms with van der Waals surface area (Å²) in [4.78, 5) is 24.4. The van der Waals surface area contributed by atoms with Crippen LogP contribution in [0.1, 0.15) is 21.7 Å². The lowest BCUT2D eigenvalue weighted by molar-refractivity contribution is 0.0976. The van der Waals surface area contributed by atoms with Gasteiger partial charge in [0.15, 0.2) is 16.6 Å². The first-order valence-corrected chi connectivity index (χ1v) is 11.1. The Labute approximate surface area is 194 Å². The van der Waals surface area contributed by atoms with Gasteiger partial charge < -0.3 is 9.26 Å². The molecule has 0 bridgehead atoms. The first kappa shape index (κ1) is 20.8. The summed E-state index contributed by atoms with van der Waals surface area (Å²) in [5.41, 5.74) is 3.57. The van der Waals surface area contributed by atoms with E-state index in [1.165, 1.54) is 11.3 Å². The Morgan fingerprint density at radius 3 is 2.67 bits per heavy atom. The second-order valence-electron chi connectivity index (χ2n) is 7.41. The van der Waals surface area contributed by atoms with Gasteiger partial charge in [0, 0.05) is 17.8 Å². The number of methoxy groups -OCH3 is 1. The Hall–Kier alpha value is -4.04. The minimum atomic E-state index is -0.317. The van der Waals surface area contributed by atoms with E-state index in [2.05, 4.69) is 10.1 Å². The maximum absolute atomic E-state index is 13.6. The van der Waals surface area contributed by atoms with Crippen LogP contribution in [0.2, 0.25) is 0 Å². The fourth-order valence-electron chi connectivity index (χ4n) is 3.51. The summed E-state index contributed by atoms with van der Waals surface area (Å²) in [6.07, 6.45) is 1.70. The molecule has 7 nitrogen and oxygen atoms in total. The lowest BCUT2D eigenvalue weighted by Gasteiger charge is -2.18. The molecule has 5 aromatic rings. The molecule has 5 rings (SSSR count). The van der Waals surface area contributed by atoms with E-state index in [1.54, 1.807) is 24.3 Å². The van der Waals surface area contributed by atoms with Crippen molar-refractivity contribution < 1.29 is 14.1 Å². The van der Waals surface area contributed by atoms with Crippen molar-refractivity contribution in [2.75, 3.05) is 12.0 Å². The zero-order chi connectivity index (χ0) is 22.8. The third-order valence-electron chi connectivity index (χ3n) is 5.22. The van der Waals surface area contributed by atoms with Gasteiger partial charge in [0.1, 0.15) is 11.3 Å². The fraction of sp³-hybridized carbons (Fsp3) is 0.120. The standard InChI is InChI=1S/C25H20N4O3S/c1-16-11-12-20(31-2)22-23(16)33-25(27-22)29(15-18-10-6-7-13-26-18)24(30)19-14-21(32-28-19)17-8-4-3-5-9-17/h3-14H,15H2,1-2H3. The minimum absolute atomic E-state index is 0.202. The number of nitrogens with zero attached hydrogens (tertiary/aromatic N) is 4. The molecule has 0 atom stereocenters. The van der Waals surface area contributed by atoms with Crippen LogP contribution in [0.4, 0.5) is 5.13 Å². The highest BCUT2D eigenvalue weighted by Gasteiger charge is 2.26. The monoisotopic (exact) mass is 456 g/mol. The van der Waals surface area contributed by atoms with Crippen molar-refractivity contribution in [3.05, 3.63) is 89.9 Å². The maximum atomic E-state index is 13.6. The van der Waals surface area contributed by atoms with Gasteiger partial charge >= 0.3 is 0 Å². The summed E-state index contributed by atoms with van der Waals surface area (Å²) < 4.78 is 11.9. The highest BCUT2D eigenvalue weighted by atomic mass is 32.1. The number of hydrogen-bond donors (Lipinski definition) is 0. The summed E-state index contributed by atoms with van der Waals surface area (Å²) in [5.74, 6) is 0.872. The largest absolute Gasteiger partial charge is 0.494 e. The molecule has 0 spiro atoms. The topological polar surface area (TPSA) is 81.4 Å².